The number of nitrogens with one attached hydrogen (secondary N) is 1. The number of benzene rings is 1. The summed E-state index contributed by atoms with van der Waals surface area (Å²) < 4.78 is 11.2. The van der Waals surface area contributed by atoms with Crippen molar-refractivity contribution < 1.29 is 44.9 Å². The molecule has 1 aliphatic heterocycles. The normalized spacial score (nSPS) is 20.7. The molecular weight excluding hydrogens is 771 g/mol. The smallest absolute Gasteiger partial charge is 0.220 e. The Labute approximate surface area is 372 Å². The molecule has 0 saturated carbocycles. The van der Waals surface area contributed by atoms with E-state index in [9.17, 15) is 35.4 Å². The maximum Gasteiger partial charge on any atom is 0.220 e. The molecule has 1 aromatic rings. The first-order chi connectivity index (χ1) is 29.8. The number of aliphatic hydroxyl groups is 6. The van der Waals surface area contributed by atoms with E-state index in [0.29, 0.717) is 6.42 Å². The minimum atomic E-state index is -1.61. The summed E-state index contributed by atoms with van der Waals surface area (Å²) in [5.41, 5.74) is 1.37. The summed E-state index contributed by atoms with van der Waals surface area (Å²) in [6.45, 7) is 1.37. The molecule has 1 heterocycles. The van der Waals surface area contributed by atoms with Crippen LogP contribution in [0.25, 0.3) is 0 Å². The molecule has 61 heavy (non-hydrogen) atoms. The Morgan fingerprint density at radius 1 is 0.607 bits per heavy atom. The van der Waals surface area contributed by atoms with Crippen molar-refractivity contribution >= 4 is 5.91 Å². The summed E-state index contributed by atoms with van der Waals surface area (Å²) in [4.78, 5) is 13.0. The molecule has 1 saturated heterocycles. The van der Waals surface area contributed by atoms with Crippen LogP contribution in [0.4, 0.5) is 0 Å². The van der Waals surface area contributed by atoms with Gasteiger partial charge < -0.3 is 45.4 Å². The predicted octanol–water partition coefficient (Wildman–Crippen LogP) is 9.76. The lowest BCUT2D eigenvalue weighted by Gasteiger charge is -2.40. The summed E-state index contributed by atoms with van der Waals surface area (Å²) >= 11 is 0. The number of aryl methyl sites for hydroxylation is 1. The van der Waals surface area contributed by atoms with E-state index < -0.39 is 55.6 Å². The standard InChI is InChI=1S/C51H93NO9/c1-2-3-4-5-6-7-8-9-10-11-12-13-14-15-16-17-18-19-20-21-25-28-34-39-46(55)52-43(41-60-51-50(59)49(58)48(57)45(40-53)61-51)47(56)44(54)38-33-27-24-22-23-26-30-35-42-36-31-29-32-37-42/h29,31-32,36-37,43-45,47-51,53-54,56-59H,2-28,30,33-35,38-41H2,1H3,(H,52,55)/t43-,44+,45+,47-,48-,49-,50+,51-/m0/s1. The highest BCUT2D eigenvalue weighted by Crippen LogP contribution is 2.23. The van der Waals surface area contributed by atoms with Gasteiger partial charge in [0.15, 0.2) is 6.29 Å². The van der Waals surface area contributed by atoms with Gasteiger partial charge >= 0.3 is 0 Å². The van der Waals surface area contributed by atoms with Crippen molar-refractivity contribution in [3.63, 3.8) is 0 Å². The second-order valence-electron chi connectivity index (χ2n) is 18.3. The molecule has 0 aromatic heterocycles. The maximum atomic E-state index is 13.0. The summed E-state index contributed by atoms with van der Waals surface area (Å²) in [6.07, 6.45) is 29.4. The van der Waals surface area contributed by atoms with Crippen LogP contribution in [0, 0.1) is 0 Å². The Kier molecular flexibility index (Phi) is 34.3. The number of amides is 1. The van der Waals surface area contributed by atoms with Crippen LogP contribution in [0.2, 0.25) is 0 Å². The van der Waals surface area contributed by atoms with E-state index >= 15 is 0 Å². The van der Waals surface area contributed by atoms with Gasteiger partial charge in [-0.2, -0.15) is 0 Å². The first-order valence-electron chi connectivity index (χ1n) is 25.4. The van der Waals surface area contributed by atoms with Gasteiger partial charge in [-0.1, -0.05) is 217 Å². The van der Waals surface area contributed by atoms with Crippen LogP contribution in [0.15, 0.2) is 30.3 Å². The second-order valence-corrected chi connectivity index (χ2v) is 18.3. The minimum Gasteiger partial charge on any atom is -0.394 e. The number of carbonyl (C=O) groups excluding carboxylic acids is 1. The molecule has 0 unspecified atom stereocenters. The fourth-order valence-corrected chi connectivity index (χ4v) is 8.63. The zero-order valence-electron chi connectivity index (χ0n) is 38.7. The molecule has 7 N–H and O–H groups in total. The highest BCUT2D eigenvalue weighted by Gasteiger charge is 2.44. The summed E-state index contributed by atoms with van der Waals surface area (Å²) in [5, 5.41) is 65.3. The van der Waals surface area contributed by atoms with E-state index in [0.717, 1.165) is 57.8 Å². The van der Waals surface area contributed by atoms with E-state index in [4.69, 9.17) is 9.47 Å². The van der Waals surface area contributed by atoms with Gasteiger partial charge in [-0.3, -0.25) is 4.79 Å². The van der Waals surface area contributed by atoms with Crippen LogP contribution < -0.4 is 5.32 Å². The predicted molar refractivity (Wildman–Crippen MR) is 247 cm³/mol. The topological polar surface area (TPSA) is 169 Å². The molecule has 10 heteroatoms. The Bertz CT molecular complexity index is 1130. The van der Waals surface area contributed by atoms with Gasteiger partial charge in [0, 0.05) is 6.42 Å². The van der Waals surface area contributed by atoms with Crippen LogP contribution in [0.3, 0.4) is 0 Å². The monoisotopic (exact) mass is 864 g/mol. The number of carbonyl (C=O) groups is 1. The van der Waals surface area contributed by atoms with Crippen molar-refractivity contribution in [2.75, 3.05) is 13.2 Å². The third-order valence-electron chi connectivity index (χ3n) is 12.8. The lowest BCUT2D eigenvalue weighted by molar-refractivity contribution is -0.303. The van der Waals surface area contributed by atoms with E-state index in [2.05, 4.69) is 36.5 Å². The Hall–Kier alpha value is -1.63. The Morgan fingerprint density at radius 2 is 1.05 bits per heavy atom. The largest absolute Gasteiger partial charge is 0.394 e. The summed E-state index contributed by atoms with van der Waals surface area (Å²) in [5.74, 6) is -0.260. The number of hydrogen-bond donors (Lipinski definition) is 7. The molecular formula is C51H93NO9. The van der Waals surface area contributed by atoms with Crippen LogP contribution in [0.5, 0.6) is 0 Å². The van der Waals surface area contributed by atoms with Crippen LogP contribution in [0.1, 0.15) is 218 Å². The molecule has 0 radical (unpaired) electrons. The summed E-state index contributed by atoms with van der Waals surface area (Å²) in [6, 6.07) is 9.54. The van der Waals surface area contributed by atoms with Crippen LogP contribution in [-0.2, 0) is 20.7 Å². The molecule has 1 fully saturated rings. The van der Waals surface area contributed by atoms with Crippen molar-refractivity contribution in [3.05, 3.63) is 35.9 Å². The molecule has 356 valence electrons. The van der Waals surface area contributed by atoms with Gasteiger partial charge in [-0.15, -0.1) is 0 Å². The van der Waals surface area contributed by atoms with Gasteiger partial charge in [0.1, 0.15) is 30.5 Å². The van der Waals surface area contributed by atoms with Gasteiger partial charge in [0.05, 0.1) is 25.4 Å². The number of ether oxygens (including phenoxy) is 2. The van der Waals surface area contributed by atoms with Gasteiger partial charge in [-0.25, -0.2) is 0 Å². The zero-order valence-corrected chi connectivity index (χ0v) is 38.7. The third-order valence-corrected chi connectivity index (χ3v) is 12.8. The molecule has 10 nitrogen and oxygen atoms in total. The fourth-order valence-electron chi connectivity index (χ4n) is 8.63. The Morgan fingerprint density at radius 3 is 1.52 bits per heavy atom. The van der Waals surface area contributed by atoms with E-state index in [1.165, 1.54) is 147 Å². The fraction of sp³-hybridized carbons (Fsp3) is 0.863. The molecule has 0 bridgehead atoms. The molecule has 1 amide bonds. The second kappa shape index (κ2) is 37.7. The van der Waals surface area contributed by atoms with Crippen LogP contribution >= 0.6 is 0 Å². The van der Waals surface area contributed by atoms with Crippen molar-refractivity contribution in [1.82, 2.24) is 5.32 Å². The lowest BCUT2D eigenvalue weighted by atomic mass is 9.98. The van der Waals surface area contributed by atoms with Crippen LogP contribution in [-0.4, -0.2) is 98.7 Å². The quantitative estimate of drug-likeness (QED) is 0.0317. The van der Waals surface area contributed by atoms with Gasteiger partial charge in [0.25, 0.3) is 0 Å². The third kappa shape index (κ3) is 27.3. The van der Waals surface area contributed by atoms with Crippen molar-refractivity contribution in [2.45, 2.75) is 268 Å². The van der Waals surface area contributed by atoms with Crippen molar-refractivity contribution in [3.8, 4) is 0 Å². The zero-order chi connectivity index (χ0) is 44.2. The summed E-state index contributed by atoms with van der Waals surface area (Å²) in [7, 11) is 0. The van der Waals surface area contributed by atoms with Gasteiger partial charge in [0.2, 0.25) is 5.91 Å². The highest BCUT2D eigenvalue weighted by molar-refractivity contribution is 5.76. The van der Waals surface area contributed by atoms with Gasteiger partial charge in [-0.05, 0) is 31.2 Å². The molecule has 0 aliphatic carbocycles. The Balaban J connectivity index is 1.58. The van der Waals surface area contributed by atoms with Crippen molar-refractivity contribution in [1.29, 1.82) is 0 Å². The minimum absolute atomic E-state index is 0.260. The number of rotatable bonds is 41. The average molecular weight is 864 g/mol. The molecule has 2 rings (SSSR count). The van der Waals surface area contributed by atoms with Crippen molar-refractivity contribution in [2.24, 2.45) is 0 Å². The van der Waals surface area contributed by atoms with E-state index in [-0.39, 0.29) is 18.9 Å². The first-order valence-corrected chi connectivity index (χ1v) is 25.4. The number of aliphatic hydroxyl groups excluding tert-OH is 6. The maximum absolute atomic E-state index is 13.0. The molecule has 1 aliphatic rings. The highest BCUT2D eigenvalue weighted by atomic mass is 16.7. The number of unbranched alkanes of at least 4 members (excludes halogenated alkanes) is 28. The number of hydrogen-bond acceptors (Lipinski definition) is 9. The van der Waals surface area contributed by atoms with E-state index in [1.54, 1.807) is 0 Å². The molecule has 8 atom stereocenters. The SMILES string of the molecule is CCCCCCCCCCCCCCCCCCCCCCCCCC(=O)N[C@@H](CO[C@H]1O[C@H](CO)[C@H](O)[C@H](O)[C@H]1O)[C@H](O)[C@H](O)CCCCCCCCCc1ccccc1. The lowest BCUT2D eigenvalue weighted by Crippen LogP contribution is -2.60. The van der Waals surface area contributed by atoms with E-state index in [1.807, 2.05) is 6.07 Å². The molecule has 0 spiro atoms. The molecule has 1 aromatic carbocycles. The first kappa shape index (κ1) is 55.5. The average Bonchev–Trinajstić information content (AvgIpc) is 3.27.